The van der Waals surface area contributed by atoms with Gasteiger partial charge in [-0.3, -0.25) is 9.80 Å². The molecular formula is C11H23N3O3. The molecule has 0 aliphatic heterocycles. The maximum absolute atomic E-state index is 11.6. The van der Waals surface area contributed by atoms with Crippen molar-refractivity contribution in [2.24, 2.45) is 11.6 Å². The topological polar surface area (TPSA) is 110 Å². The quantitative estimate of drug-likeness (QED) is 0.236. The fourth-order valence-electron chi connectivity index (χ4n) is 1.49. The first-order chi connectivity index (χ1) is 8.04. The lowest BCUT2D eigenvalue weighted by Gasteiger charge is -2.24. The van der Waals surface area contributed by atoms with Gasteiger partial charge < -0.3 is 10.8 Å². The van der Waals surface area contributed by atoms with Crippen molar-refractivity contribution >= 4 is 11.9 Å². The van der Waals surface area contributed by atoms with Crippen molar-refractivity contribution in [1.82, 2.24) is 5.01 Å². The van der Waals surface area contributed by atoms with Crippen molar-refractivity contribution in [3.8, 4) is 0 Å². The summed E-state index contributed by atoms with van der Waals surface area (Å²) in [6.45, 7) is 2.48. The second-order valence-corrected chi connectivity index (χ2v) is 4.04. The van der Waals surface area contributed by atoms with Crippen LogP contribution in [0.3, 0.4) is 0 Å². The molecule has 0 aromatic heterocycles. The van der Waals surface area contributed by atoms with Crippen molar-refractivity contribution in [2.45, 2.75) is 51.5 Å². The summed E-state index contributed by atoms with van der Waals surface area (Å²) in [7, 11) is 0. The molecule has 1 unspecified atom stereocenters. The fourth-order valence-corrected chi connectivity index (χ4v) is 1.49. The number of hydrogen-bond donors (Lipinski definition) is 3. The summed E-state index contributed by atoms with van der Waals surface area (Å²) >= 11 is 0. The number of carboxylic acids is 1. The molecule has 0 fully saturated rings. The minimum atomic E-state index is -1.06. The number of nitrogens with zero attached hydrogens (tertiary/aromatic N) is 1. The Morgan fingerprint density at radius 3 is 2.41 bits per heavy atom. The molecule has 6 heteroatoms. The summed E-state index contributed by atoms with van der Waals surface area (Å²) in [6, 6.07) is -0.939. The first kappa shape index (κ1) is 15.9. The first-order valence-electron chi connectivity index (χ1n) is 6.04. The molecule has 5 N–H and O–H groups in total. The second kappa shape index (κ2) is 8.95. The van der Waals surface area contributed by atoms with Gasteiger partial charge in [0.2, 0.25) is 5.91 Å². The van der Waals surface area contributed by atoms with Gasteiger partial charge in [-0.1, -0.05) is 13.3 Å². The normalized spacial score (nSPS) is 12.2. The minimum absolute atomic E-state index is 0.299. The standard InChI is InChI=1S/C11H23N3O3/c1-2-3-7-10(15)14(13)9(11(16)17)6-4-5-8-12/h9H,2-8,12-13H2,1H3,(H,16,17). The number of aliphatic carboxylic acids is 1. The zero-order chi connectivity index (χ0) is 13.3. The van der Waals surface area contributed by atoms with Gasteiger partial charge in [-0.25, -0.2) is 10.6 Å². The monoisotopic (exact) mass is 245 g/mol. The molecule has 0 aliphatic rings. The lowest BCUT2D eigenvalue weighted by Crippen LogP contribution is -2.49. The summed E-state index contributed by atoms with van der Waals surface area (Å²) < 4.78 is 0. The fraction of sp³-hybridized carbons (Fsp3) is 0.818. The van der Waals surface area contributed by atoms with E-state index >= 15 is 0 Å². The molecule has 0 saturated heterocycles. The van der Waals surface area contributed by atoms with Crippen LogP contribution < -0.4 is 11.6 Å². The third kappa shape index (κ3) is 6.23. The lowest BCUT2D eigenvalue weighted by atomic mass is 10.1. The van der Waals surface area contributed by atoms with E-state index in [0.29, 0.717) is 25.8 Å². The number of nitrogens with two attached hydrogens (primary N) is 2. The maximum Gasteiger partial charge on any atom is 0.328 e. The van der Waals surface area contributed by atoms with Crippen LogP contribution in [0.15, 0.2) is 0 Å². The Hall–Kier alpha value is -1.14. The number of hydrazine groups is 1. The Balaban J connectivity index is 4.27. The van der Waals surface area contributed by atoms with Gasteiger partial charge in [0, 0.05) is 6.42 Å². The summed E-state index contributed by atoms with van der Waals surface area (Å²) in [6.07, 6.45) is 3.64. The van der Waals surface area contributed by atoms with Crippen molar-refractivity contribution in [1.29, 1.82) is 0 Å². The van der Waals surface area contributed by atoms with E-state index in [0.717, 1.165) is 24.3 Å². The van der Waals surface area contributed by atoms with Crippen LogP contribution in [0.5, 0.6) is 0 Å². The summed E-state index contributed by atoms with van der Waals surface area (Å²) in [5.41, 5.74) is 5.33. The lowest BCUT2D eigenvalue weighted by molar-refractivity contribution is -0.151. The van der Waals surface area contributed by atoms with E-state index in [1.54, 1.807) is 0 Å². The van der Waals surface area contributed by atoms with Crippen LogP contribution in [0.1, 0.15) is 45.4 Å². The first-order valence-corrected chi connectivity index (χ1v) is 6.04. The third-order valence-corrected chi connectivity index (χ3v) is 2.58. The van der Waals surface area contributed by atoms with Crippen LogP contribution in [-0.2, 0) is 9.59 Å². The van der Waals surface area contributed by atoms with E-state index in [1.807, 2.05) is 6.92 Å². The average Bonchev–Trinajstić information content (AvgIpc) is 2.30. The molecule has 0 aliphatic carbocycles. The number of carboxylic acid groups (broad SMARTS) is 1. The molecule has 0 heterocycles. The maximum atomic E-state index is 11.6. The number of carbonyl (C=O) groups is 2. The molecule has 0 radical (unpaired) electrons. The Morgan fingerprint density at radius 2 is 1.94 bits per heavy atom. The van der Waals surface area contributed by atoms with E-state index in [9.17, 15) is 9.59 Å². The molecule has 0 bridgehead atoms. The van der Waals surface area contributed by atoms with Gasteiger partial charge in [0.15, 0.2) is 0 Å². The predicted molar refractivity (Wildman–Crippen MR) is 64.9 cm³/mol. The zero-order valence-corrected chi connectivity index (χ0v) is 10.4. The van der Waals surface area contributed by atoms with Gasteiger partial charge in [0.05, 0.1) is 0 Å². The summed E-state index contributed by atoms with van der Waals surface area (Å²) in [4.78, 5) is 22.6. The highest BCUT2D eigenvalue weighted by molar-refractivity contribution is 5.83. The molecule has 1 atom stereocenters. The molecule has 0 rings (SSSR count). The van der Waals surface area contributed by atoms with E-state index in [4.69, 9.17) is 16.7 Å². The third-order valence-electron chi connectivity index (χ3n) is 2.58. The number of amides is 1. The van der Waals surface area contributed by atoms with Gasteiger partial charge in [0.25, 0.3) is 0 Å². The van der Waals surface area contributed by atoms with Crippen molar-refractivity contribution in [3.05, 3.63) is 0 Å². The van der Waals surface area contributed by atoms with Crippen molar-refractivity contribution in [2.75, 3.05) is 6.54 Å². The second-order valence-electron chi connectivity index (χ2n) is 4.04. The zero-order valence-electron chi connectivity index (χ0n) is 10.4. The number of rotatable bonds is 9. The molecular weight excluding hydrogens is 222 g/mol. The van der Waals surface area contributed by atoms with Crippen LogP contribution >= 0.6 is 0 Å². The predicted octanol–water partition coefficient (Wildman–Crippen LogP) is 0.461. The van der Waals surface area contributed by atoms with Crippen molar-refractivity contribution in [3.63, 3.8) is 0 Å². The van der Waals surface area contributed by atoms with Gasteiger partial charge >= 0.3 is 5.97 Å². The molecule has 0 aromatic carbocycles. The summed E-state index contributed by atoms with van der Waals surface area (Å²) in [5, 5.41) is 9.87. The Bertz CT molecular complexity index is 246. The molecule has 0 spiro atoms. The van der Waals surface area contributed by atoms with Gasteiger partial charge in [-0.2, -0.15) is 0 Å². The number of unbranched alkanes of at least 4 members (excludes halogenated alkanes) is 2. The molecule has 0 saturated carbocycles. The van der Waals surface area contributed by atoms with Crippen LogP contribution in [0, 0.1) is 0 Å². The van der Waals surface area contributed by atoms with Crippen LogP contribution in [-0.4, -0.2) is 34.6 Å². The van der Waals surface area contributed by atoms with Crippen LogP contribution in [0.2, 0.25) is 0 Å². The van der Waals surface area contributed by atoms with E-state index in [-0.39, 0.29) is 5.91 Å². The van der Waals surface area contributed by atoms with E-state index in [1.165, 1.54) is 0 Å². The summed E-state index contributed by atoms with van der Waals surface area (Å²) in [5.74, 6) is 4.18. The molecule has 0 aromatic rings. The molecule has 6 nitrogen and oxygen atoms in total. The highest BCUT2D eigenvalue weighted by Gasteiger charge is 2.26. The Morgan fingerprint density at radius 1 is 1.29 bits per heavy atom. The molecule has 17 heavy (non-hydrogen) atoms. The van der Waals surface area contributed by atoms with Gasteiger partial charge in [-0.15, -0.1) is 0 Å². The van der Waals surface area contributed by atoms with Crippen molar-refractivity contribution < 1.29 is 14.7 Å². The Kier molecular flexibility index (Phi) is 8.35. The minimum Gasteiger partial charge on any atom is -0.480 e. The SMILES string of the molecule is CCCCC(=O)N(N)C(CCCCN)C(=O)O. The molecule has 1 amide bonds. The van der Waals surface area contributed by atoms with Gasteiger partial charge in [0.1, 0.15) is 6.04 Å². The number of hydrogen-bond acceptors (Lipinski definition) is 4. The Labute approximate surface area is 102 Å². The highest BCUT2D eigenvalue weighted by atomic mass is 16.4. The van der Waals surface area contributed by atoms with Crippen LogP contribution in [0.4, 0.5) is 0 Å². The van der Waals surface area contributed by atoms with E-state index < -0.39 is 12.0 Å². The van der Waals surface area contributed by atoms with Gasteiger partial charge in [-0.05, 0) is 32.2 Å². The average molecular weight is 245 g/mol. The van der Waals surface area contributed by atoms with E-state index in [2.05, 4.69) is 0 Å². The smallest absolute Gasteiger partial charge is 0.328 e. The number of carbonyl (C=O) groups excluding carboxylic acids is 1. The van der Waals surface area contributed by atoms with Crippen LogP contribution in [0.25, 0.3) is 0 Å². The highest BCUT2D eigenvalue weighted by Crippen LogP contribution is 2.08. The molecule has 100 valence electrons. The largest absolute Gasteiger partial charge is 0.480 e.